The van der Waals surface area contributed by atoms with Gasteiger partial charge >= 0.3 is 0 Å². The van der Waals surface area contributed by atoms with Crippen LogP contribution < -0.4 is 0 Å². The molecule has 0 unspecified atom stereocenters. The van der Waals surface area contributed by atoms with E-state index in [1.807, 2.05) is 30.3 Å². The molecule has 0 saturated heterocycles. The lowest BCUT2D eigenvalue weighted by atomic mass is 10.2. The molecule has 72 valence electrons. The first-order valence-corrected chi connectivity index (χ1v) is 7.09. The maximum absolute atomic E-state index is 10.8. The summed E-state index contributed by atoms with van der Waals surface area (Å²) >= 11 is 1.43. The third kappa shape index (κ3) is 4.95. The van der Waals surface area contributed by atoms with Gasteiger partial charge in [0.15, 0.2) is 9.84 Å². The number of sulfone groups is 1. The smallest absolute Gasteiger partial charge is 0.156 e. The molecule has 0 aliphatic carbocycles. The number of thioether (sulfide) groups is 1. The van der Waals surface area contributed by atoms with Crippen LogP contribution in [0.2, 0.25) is 0 Å². The van der Waals surface area contributed by atoms with E-state index in [-0.39, 0.29) is 5.08 Å². The lowest BCUT2D eigenvalue weighted by Crippen LogP contribution is -1.98. The second kappa shape index (κ2) is 4.67. The van der Waals surface area contributed by atoms with E-state index < -0.39 is 9.84 Å². The minimum Gasteiger partial charge on any atom is -0.228 e. The lowest BCUT2D eigenvalue weighted by molar-refractivity contribution is 0.606. The highest BCUT2D eigenvalue weighted by Gasteiger charge is 2.01. The van der Waals surface area contributed by atoms with E-state index in [2.05, 4.69) is 0 Å². The van der Waals surface area contributed by atoms with E-state index in [4.69, 9.17) is 0 Å². The van der Waals surface area contributed by atoms with Crippen LogP contribution in [-0.4, -0.2) is 19.8 Å². The molecule has 0 aliphatic rings. The minimum atomic E-state index is -2.83. The third-order valence-corrected chi connectivity index (χ3v) is 4.33. The predicted molar refractivity (Wildman–Crippen MR) is 57.4 cm³/mol. The number of benzene rings is 1. The van der Waals surface area contributed by atoms with Crippen LogP contribution in [0.1, 0.15) is 5.56 Å². The van der Waals surface area contributed by atoms with E-state index in [1.54, 1.807) is 0 Å². The van der Waals surface area contributed by atoms with Crippen LogP contribution in [0, 0.1) is 0 Å². The molecule has 1 rings (SSSR count). The fraction of sp³-hybridized carbons (Fsp3) is 0.333. The topological polar surface area (TPSA) is 34.1 Å². The van der Waals surface area contributed by atoms with E-state index in [1.165, 1.54) is 18.0 Å². The Morgan fingerprint density at radius 2 is 1.85 bits per heavy atom. The normalized spacial score (nSPS) is 11.5. The zero-order valence-corrected chi connectivity index (χ0v) is 9.07. The molecule has 0 heterocycles. The van der Waals surface area contributed by atoms with E-state index in [0.29, 0.717) is 0 Å². The van der Waals surface area contributed by atoms with Crippen LogP contribution in [0.3, 0.4) is 0 Å². The Hall–Kier alpha value is -0.480. The first kappa shape index (κ1) is 10.6. The molecule has 0 aliphatic heterocycles. The highest BCUT2D eigenvalue weighted by Crippen LogP contribution is 2.12. The summed E-state index contributed by atoms with van der Waals surface area (Å²) in [6.07, 6.45) is 1.25. The number of rotatable bonds is 4. The Bertz CT molecular complexity index is 343. The molecule has 0 amide bonds. The van der Waals surface area contributed by atoms with Gasteiger partial charge in [0.05, 0.1) is 5.08 Å². The van der Waals surface area contributed by atoms with E-state index in [0.717, 1.165) is 11.3 Å². The summed E-state index contributed by atoms with van der Waals surface area (Å²) in [5.41, 5.74) is 1.16. The molecule has 0 fully saturated rings. The first-order valence-electron chi connectivity index (χ1n) is 3.87. The molecule has 1 aromatic rings. The monoisotopic (exact) mass is 216 g/mol. The lowest BCUT2D eigenvalue weighted by Gasteiger charge is -1.99. The van der Waals surface area contributed by atoms with Crippen molar-refractivity contribution in [1.82, 2.24) is 0 Å². The van der Waals surface area contributed by atoms with Crippen molar-refractivity contribution in [3.05, 3.63) is 35.9 Å². The second-order valence-electron chi connectivity index (χ2n) is 2.88. The molecule has 2 nitrogen and oxygen atoms in total. The average Bonchev–Trinajstić information content (AvgIpc) is 2.04. The van der Waals surface area contributed by atoms with Gasteiger partial charge in [0.2, 0.25) is 0 Å². The van der Waals surface area contributed by atoms with Gasteiger partial charge in [0.1, 0.15) is 0 Å². The summed E-state index contributed by atoms with van der Waals surface area (Å²) in [4.78, 5) is 0. The molecule has 1 aromatic carbocycles. The summed E-state index contributed by atoms with van der Waals surface area (Å²) < 4.78 is 21.6. The van der Waals surface area contributed by atoms with Crippen LogP contribution in [-0.2, 0) is 15.6 Å². The molecule has 0 atom stereocenters. The molecule has 0 aromatic heterocycles. The maximum Gasteiger partial charge on any atom is 0.156 e. The Morgan fingerprint density at radius 1 is 1.23 bits per heavy atom. The minimum absolute atomic E-state index is 0.196. The standard InChI is InChI=1S/C9H12O2S2/c1-13(10,11)8-12-7-9-5-3-2-4-6-9/h2-6H,7-8H2,1H3. The maximum atomic E-state index is 10.8. The molecule has 0 N–H and O–H groups in total. The quantitative estimate of drug-likeness (QED) is 0.771. The summed E-state index contributed by atoms with van der Waals surface area (Å²) in [5.74, 6) is 0.758. The fourth-order valence-corrected chi connectivity index (χ4v) is 2.86. The van der Waals surface area contributed by atoms with Crippen molar-refractivity contribution in [2.45, 2.75) is 5.75 Å². The van der Waals surface area contributed by atoms with Crippen molar-refractivity contribution in [1.29, 1.82) is 0 Å². The predicted octanol–water partition coefficient (Wildman–Crippen LogP) is 1.92. The van der Waals surface area contributed by atoms with Gasteiger partial charge in [0, 0.05) is 12.0 Å². The second-order valence-corrected chi connectivity index (χ2v) is 6.37. The van der Waals surface area contributed by atoms with Gasteiger partial charge in [-0.25, -0.2) is 8.42 Å². The molecule has 0 saturated carbocycles. The highest BCUT2D eigenvalue weighted by molar-refractivity contribution is 8.11. The zero-order chi connectivity index (χ0) is 9.73. The Labute approximate surface area is 83.3 Å². The Balaban J connectivity index is 2.37. The Morgan fingerprint density at radius 3 is 2.38 bits per heavy atom. The molecule has 0 radical (unpaired) electrons. The molecule has 4 heteroatoms. The van der Waals surface area contributed by atoms with E-state index in [9.17, 15) is 8.42 Å². The molecule has 0 bridgehead atoms. The van der Waals surface area contributed by atoms with Crippen LogP contribution in [0.25, 0.3) is 0 Å². The van der Waals surface area contributed by atoms with Gasteiger partial charge < -0.3 is 0 Å². The largest absolute Gasteiger partial charge is 0.228 e. The van der Waals surface area contributed by atoms with Gasteiger partial charge in [0.25, 0.3) is 0 Å². The summed E-state index contributed by atoms with van der Waals surface area (Å²) in [7, 11) is -2.83. The third-order valence-electron chi connectivity index (χ3n) is 1.41. The highest BCUT2D eigenvalue weighted by atomic mass is 32.3. The number of hydrogen-bond acceptors (Lipinski definition) is 3. The summed E-state index contributed by atoms with van der Waals surface area (Å²) in [5, 5.41) is 0.196. The fourth-order valence-electron chi connectivity index (χ4n) is 0.885. The average molecular weight is 216 g/mol. The van der Waals surface area contributed by atoms with Crippen LogP contribution in [0.4, 0.5) is 0 Å². The van der Waals surface area contributed by atoms with Gasteiger partial charge in [-0.1, -0.05) is 30.3 Å². The van der Waals surface area contributed by atoms with Gasteiger partial charge in [-0.05, 0) is 5.56 Å². The summed E-state index contributed by atoms with van der Waals surface area (Å²) in [6, 6.07) is 9.85. The molecular formula is C9H12O2S2. The van der Waals surface area contributed by atoms with Crippen molar-refractivity contribution < 1.29 is 8.42 Å². The van der Waals surface area contributed by atoms with Crippen molar-refractivity contribution in [3.63, 3.8) is 0 Å². The van der Waals surface area contributed by atoms with Crippen LogP contribution >= 0.6 is 11.8 Å². The van der Waals surface area contributed by atoms with Crippen molar-refractivity contribution in [3.8, 4) is 0 Å². The molecule has 0 spiro atoms. The molecular weight excluding hydrogens is 204 g/mol. The Kier molecular flexibility index (Phi) is 3.81. The van der Waals surface area contributed by atoms with E-state index >= 15 is 0 Å². The van der Waals surface area contributed by atoms with Crippen molar-refractivity contribution in [2.75, 3.05) is 11.3 Å². The van der Waals surface area contributed by atoms with Gasteiger partial charge in [-0.2, -0.15) is 0 Å². The van der Waals surface area contributed by atoms with Crippen molar-refractivity contribution >= 4 is 21.6 Å². The SMILES string of the molecule is CS(=O)(=O)CSCc1ccccc1. The first-order chi connectivity index (χ1) is 6.08. The van der Waals surface area contributed by atoms with Crippen LogP contribution in [0.5, 0.6) is 0 Å². The van der Waals surface area contributed by atoms with Gasteiger partial charge in [-0.15, -0.1) is 11.8 Å². The number of hydrogen-bond donors (Lipinski definition) is 0. The van der Waals surface area contributed by atoms with Crippen molar-refractivity contribution in [2.24, 2.45) is 0 Å². The summed E-state index contributed by atoms with van der Waals surface area (Å²) in [6.45, 7) is 0. The zero-order valence-electron chi connectivity index (χ0n) is 7.43. The molecule has 13 heavy (non-hydrogen) atoms. The van der Waals surface area contributed by atoms with Crippen LogP contribution in [0.15, 0.2) is 30.3 Å². The van der Waals surface area contributed by atoms with Gasteiger partial charge in [-0.3, -0.25) is 0 Å².